The summed E-state index contributed by atoms with van der Waals surface area (Å²) >= 11 is 1.45. The van der Waals surface area contributed by atoms with Gasteiger partial charge in [-0.25, -0.2) is 0 Å². The van der Waals surface area contributed by atoms with E-state index < -0.39 is 17.7 Å². The summed E-state index contributed by atoms with van der Waals surface area (Å²) in [6.45, 7) is 7.58. The van der Waals surface area contributed by atoms with Gasteiger partial charge >= 0.3 is 0 Å². The van der Waals surface area contributed by atoms with Gasteiger partial charge in [-0.3, -0.25) is 14.5 Å². The Balaban J connectivity index is 1.98. The maximum atomic E-state index is 13.3. The number of carbonyl (C=O) groups is 2. The number of aliphatic hydroxyl groups excluding tert-OH is 1. The molecule has 0 bridgehead atoms. The number of amides is 1. The Morgan fingerprint density at radius 1 is 1.00 bits per heavy atom. The number of ketones is 1. The van der Waals surface area contributed by atoms with Gasteiger partial charge < -0.3 is 9.84 Å². The Bertz CT molecular complexity index is 1260. The molecule has 1 unspecified atom stereocenters. The summed E-state index contributed by atoms with van der Waals surface area (Å²) < 4.78 is 5.38. The molecule has 0 spiro atoms. The molecule has 1 fully saturated rings. The third kappa shape index (κ3) is 3.50. The van der Waals surface area contributed by atoms with Gasteiger partial charge in [-0.1, -0.05) is 18.2 Å². The number of ether oxygens (including phenoxy) is 1. The topological polar surface area (TPSA) is 66.8 Å². The first-order valence-corrected chi connectivity index (χ1v) is 11.2. The molecule has 1 atom stereocenters. The highest BCUT2D eigenvalue weighted by Crippen LogP contribution is 2.45. The summed E-state index contributed by atoms with van der Waals surface area (Å²) in [6, 6.07) is 12.5. The van der Waals surface area contributed by atoms with Gasteiger partial charge in [0.15, 0.2) is 0 Å². The van der Waals surface area contributed by atoms with Gasteiger partial charge in [0.2, 0.25) is 0 Å². The predicted octanol–water partition coefficient (Wildman–Crippen LogP) is 5.62. The van der Waals surface area contributed by atoms with Crippen molar-refractivity contribution in [3.63, 3.8) is 0 Å². The first kappa shape index (κ1) is 21.8. The fourth-order valence-corrected chi connectivity index (χ4v) is 5.01. The van der Waals surface area contributed by atoms with Gasteiger partial charge in [0.25, 0.3) is 11.7 Å². The quantitative estimate of drug-likeness (QED) is 0.320. The molecule has 0 saturated carbocycles. The zero-order valence-electron chi connectivity index (χ0n) is 18.7. The molecule has 2 aromatic carbocycles. The molecule has 1 saturated heterocycles. The smallest absolute Gasteiger partial charge is 0.300 e. The van der Waals surface area contributed by atoms with E-state index >= 15 is 0 Å². The van der Waals surface area contributed by atoms with E-state index in [2.05, 4.69) is 0 Å². The highest BCUT2D eigenvalue weighted by molar-refractivity contribution is 7.10. The van der Waals surface area contributed by atoms with Crippen LogP contribution >= 0.6 is 11.3 Å². The number of aliphatic hydroxyl groups is 1. The van der Waals surface area contributed by atoms with Crippen LogP contribution in [-0.2, 0) is 9.59 Å². The van der Waals surface area contributed by atoms with Gasteiger partial charge in [-0.15, -0.1) is 11.3 Å². The van der Waals surface area contributed by atoms with Crippen molar-refractivity contribution < 1.29 is 19.4 Å². The minimum atomic E-state index is -0.697. The van der Waals surface area contributed by atoms with Crippen molar-refractivity contribution in [1.82, 2.24) is 0 Å². The van der Waals surface area contributed by atoms with Crippen LogP contribution in [0.15, 0.2) is 53.4 Å². The maximum Gasteiger partial charge on any atom is 0.300 e. The normalized spacial score (nSPS) is 17.8. The van der Waals surface area contributed by atoms with Crippen molar-refractivity contribution in [2.24, 2.45) is 0 Å². The predicted molar refractivity (Wildman–Crippen MR) is 127 cm³/mol. The van der Waals surface area contributed by atoms with E-state index in [1.165, 1.54) is 16.2 Å². The number of hydrogen-bond donors (Lipinski definition) is 1. The van der Waals surface area contributed by atoms with Crippen molar-refractivity contribution in [3.05, 3.63) is 86.1 Å². The first-order chi connectivity index (χ1) is 15.2. The lowest BCUT2D eigenvalue weighted by Gasteiger charge is -2.26. The van der Waals surface area contributed by atoms with Crippen molar-refractivity contribution in [1.29, 1.82) is 0 Å². The van der Waals surface area contributed by atoms with Gasteiger partial charge in [-0.05, 0) is 79.6 Å². The van der Waals surface area contributed by atoms with Crippen LogP contribution in [0.4, 0.5) is 5.69 Å². The van der Waals surface area contributed by atoms with E-state index in [-0.39, 0.29) is 11.3 Å². The second kappa shape index (κ2) is 8.28. The molecule has 1 aliphatic heterocycles. The summed E-state index contributed by atoms with van der Waals surface area (Å²) in [5, 5.41) is 13.3. The molecule has 2 heterocycles. The van der Waals surface area contributed by atoms with Crippen molar-refractivity contribution in [2.75, 3.05) is 12.0 Å². The largest absolute Gasteiger partial charge is 0.507 e. The lowest BCUT2D eigenvalue weighted by molar-refractivity contribution is -0.132. The molecule has 1 aliphatic rings. The molecule has 1 N–H and O–H groups in total. The number of carbonyl (C=O) groups excluding carboxylic acids is 2. The molecule has 6 heteroatoms. The second-order valence-corrected chi connectivity index (χ2v) is 9.09. The molecule has 0 radical (unpaired) electrons. The zero-order chi connectivity index (χ0) is 23.2. The fourth-order valence-electron chi connectivity index (χ4n) is 4.19. The summed E-state index contributed by atoms with van der Waals surface area (Å²) in [7, 11) is 1.59. The number of benzene rings is 2. The van der Waals surface area contributed by atoms with Crippen LogP contribution in [0.5, 0.6) is 5.75 Å². The standard InChI is InChI=1S/C26H25NO4S/c1-14-8-9-15(2)19(11-14)27-23(21-7-6-10-32-21)22(25(29)26(27)30)24(28)18-12-17(4)20(31-5)13-16(18)3/h6-13,23,28H,1-5H3/b24-22-. The summed E-state index contributed by atoms with van der Waals surface area (Å²) in [5.74, 6) is -0.793. The number of hydrogen-bond acceptors (Lipinski definition) is 5. The number of rotatable bonds is 4. The molecule has 4 rings (SSSR count). The average Bonchev–Trinajstić information content (AvgIpc) is 3.38. The molecule has 3 aromatic rings. The molecule has 5 nitrogen and oxygen atoms in total. The molecule has 1 aromatic heterocycles. The highest BCUT2D eigenvalue weighted by atomic mass is 32.1. The van der Waals surface area contributed by atoms with Crippen LogP contribution in [0.3, 0.4) is 0 Å². The lowest BCUT2D eigenvalue weighted by Crippen LogP contribution is -2.29. The van der Waals surface area contributed by atoms with Gasteiger partial charge in [0.1, 0.15) is 17.6 Å². The SMILES string of the molecule is COc1cc(C)c(/C(O)=C2/C(=O)C(=O)N(c3cc(C)ccc3C)C2c2cccs2)cc1C. The van der Waals surface area contributed by atoms with Gasteiger partial charge in [0.05, 0.1) is 12.7 Å². The minimum absolute atomic E-state index is 0.103. The Morgan fingerprint density at radius 2 is 1.75 bits per heavy atom. The molecule has 1 amide bonds. The molecule has 0 aliphatic carbocycles. The van der Waals surface area contributed by atoms with Crippen LogP contribution in [0.2, 0.25) is 0 Å². The average molecular weight is 448 g/mol. The van der Waals surface area contributed by atoms with Crippen molar-refractivity contribution >= 4 is 34.5 Å². The number of nitrogens with zero attached hydrogens (tertiary/aromatic N) is 1. The third-order valence-electron chi connectivity index (χ3n) is 5.88. The van der Waals surface area contributed by atoms with Gasteiger partial charge in [0, 0.05) is 16.1 Å². The maximum absolute atomic E-state index is 13.3. The van der Waals surface area contributed by atoms with Crippen LogP contribution in [0.25, 0.3) is 5.76 Å². The Hall–Kier alpha value is -3.38. The first-order valence-electron chi connectivity index (χ1n) is 10.3. The number of Topliss-reactive ketones (excluding diaryl/α,β-unsaturated/α-hetero) is 1. The monoisotopic (exact) mass is 447 g/mol. The van der Waals surface area contributed by atoms with Crippen molar-refractivity contribution in [3.8, 4) is 5.75 Å². The van der Waals surface area contributed by atoms with Crippen LogP contribution in [-0.4, -0.2) is 23.9 Å². The summed E-state index contributed by atoms with van der Waals surface area (Å²) in [5.41, 5.74) is 4.75. The lowest BCUT2D eigenvalue weighted by atomic mass is 9.95. The van der Waals surface area contributed by atoms with E-state index in [1.807, 2.05) is 69.5 Å². The van der Waals surface area contributed by atoms with Crippen LogP contribution < -0.4 is 9.64 Å². The summed E-state index contributed by atoms with van der Waals surface area (Å²) in [4.78, 5) is 28.9. The number of methoxy groups -OCH3 is 1. The van der Waals surface area contributed by atoms with Crippen LogP contribution in [0, 0.1) is 27.7 Å². The van der Waals surface area contributed by atoms with Gasteiger partial charge in [-0.2, -0.15) is 0 Å². The van der Waals surface area contributed by atoms with E-state index in [0.29, 0.717) is 17.0 Å². The molecular formula is C26H25NO4S. The number of aryl methyl sites for hydroxylation is 4. The molecular weight excluding hydrogens is 422 g/mol. The van der Waals surface area contributed by atoms with E-state index in [1.54, 1.807) is 13.2 Å². The highest BCUT2D eigenvalue weighted by Gasteiger charge is 2.48. The molecule has 164 valence electrons. The number of thiophene rings is 1. The number of anilines is 1. The third-order valence-corrected chi connectivity index (χ3v) is 6.80. The summed E-state index contributed by atoms with van der Waals surface area (Å²) in [6.07, 6.45) is 0. The van der Waals surface area contributed by atoms with Crippen LogP contribution in [0.1, 0.15) is 38.7 Å². The zero-order valence-corrected chi connectivity index (χ0v) is 19.5. The Kier molecular flexibility index (Phi) is 5.65. The second-order valence-electron chi connectivity index (χ2n) is 8.11. The van der Waals surface area contributed by atoms with E-state index in [4.69, 9.17) is 4.74 Å². The minimum Gasteiger partial charge on any atom is -0.507 e. The van der Waals surface area contributed by atoms with E-state index in [0.717, 1.165) is 27.1 Å². The Morgan fingerprint density at radius 3 is 2.41 bits per heavy atom. The molecule has 32 heavy (non-hydrogen) atoms. The fraction of sp³-hybridized carbons (Fsp3) is 0.231. The Labute approximate surface area is 191 Å². The van der Waals surface area contributed by atoms with Crippen molar-refractivity contribution in [2.45, 2.75) is 33.7 Å². The van der Waals surface area contributed by atoms with E-state index in [9.17, 15) is 14.7 Å².